The number of hydrogen-bond donors (Lipinski definition) is 0. The molecule has 27 heavy (non-hydrogen) atoms. The van der Waals surface area contributed by atoms with Crippen molar-refractivity contribution in [3.63, 3.8) is 0 Å². The van der Waals surface area contributed by atoms with Gasteiger partial charge in [0.1, 0.15) is 6.10 Å². The fourth-order valence-corrected chi connectivity index (χ4v) is 9.26. The van der Waals surface area contributed by atoms with Crippen molar-refractivity contribution < 1.29 is 9.53 Å². The lowest BCUT2D eigenvalue weighted by Gasteiger charge is -2.71. The third-order valence-electron chi connectivity index (χ3n) is 10.8. The van der Waals surface area contributed by atoms with Crippen LogP contribution in [0.5, 0.6) is 0 Å². The number of carbonyl (C=O) groups is 1. The summed E-state index contributed by atoms with van der Waals surface area (Å²) in [5.74, 6) is 2.36. The summed E-state index contributed by atoms with van der Waals surface area (Å²) in [7, 11) is 0. The van der Waals surface area contributed by atoms with Crippen LogP contribution in [0.4, 0.5) is 0 Å². The molecule has 0 bridgehead atoms. The number of esters is 1. The summed E-state index contributed by atoms with van der Waals surface area (Å²) in [6.45, 7) is 14.3. The Morgan fingerprint density at radius 1 is 0.778 bits per heavy atom. The highest BCUT2D eigenvalue weighted by atomic mass is 16.5. The first-order valence-corrected chi connectivity index (χ1v) is 11.7. The largest absolute Gasteiger partial charge is 0.462 e. The molecule has 0 aromatic heterocycles. The molecular weight excluding hydrogens is 332 g/mol. The Bertz CT molecular complexity index is 609. The van der Waals surface area contributed by atoms with Crippen LogP contribution in [0.3, 0.4) is 0 Å². The van der Waals surface area contributed by atoms with Crippen LogP contribution < -0.4 is 0 Å². The van der Waals surface area contributed by atoms with E-state index in [-0.39, 0.29) is 17.5 Å². The zero-order valence-corrected chi connectivity index (χ0v) is 18.7. The summed E-state index contributed by atoms with van der Waals surface area (Å²) in [4.78, 5) is 11.7. The molecule has 0 aromatic carbocycles. The number of ether oxygens (including phenoxy) is 1. The molecule has 2 nitrogen and oxygen atoms in total. The zero-order chi connectivity index (χ0) is 19.7. The van der Waals surface area contributed by atoms with Gasteiger partial charge in [-0.3, -0.25) is 4.79 Å². The van der Waals surface area contributed by atoms with Crippen molar-refractivity contribution in [3.8, 4) is 0 Å². The van der Waals surface area contributed by atoms with Gasteiger partial charge in [-0.25, -0.2) is 0 Å². The van der Waals surface area contributed by atoms with Gasteiger partial charge < -0.3 is 4.74 Å². The molecular formula is C25H42O2. The van der Waals surface area contributed by atoms with Gasteiger partial charge in [0.2, 0.25) is 0 Å². The third-order valence-corrected chi connectivity index (χ3v) is 10.8. The fourth-order valence-electron chi connectivity index (χ4n) is 9.26. The van der Waals surface area contributed by atoms with Crippen molar-refractivity contribution in [2.24, 2.45) is 39.4 Å². The van der Waals surface area contributed by atoms with E-state index in [1.54, 1.807) is 6.92 Å². The maximum atomic E-state index is 11.7. The highest BCUT2D eigenvalue weighted by Crippen LogP contribution is 2.73. The summed E-state index contributed by atoms with van der Waals surface area (Å²) in [6, 6.07) is 0. The minimum Gasteiger partial charge on any atom is -0.462 e. The minimum absolute atomic E-state index is 0.0876. The molecule has 0 heterocycles. The number of fused-ring (bicyclic) bond motifs is 5. The van der Waals surface area contributed by atoms with Gasteiger partial charge in [-0.1, -0.05) is 47.5 Å². The highest BCUT2D eigenvalue weighted by molar-refractivity contribution is 5.66. The lowest BCUT2D eigenvalue weighted by Crippen LogP contribution is -2.64. The molecule has 4 aliphatic carbocycles. The number of carbonyl (C=O) groups excluding carboxylic acids is 1. The monoisotopic (exact) mass is 374 g/mol. The van der Waals surface area contributed by atoms with Crippen LogP contribution in [0.15, 0.2) is 0 Å². The number of rotatable bonds is 1. The van der Waals surface area contributed by atoms with Crippen molar-refractivity contribution in [2.75, 3.05) is 0 Å². The molecule has 0 amide bonds. The third kappa shape index (κ3) is 2.60. The van der Waals surface area contributed by atoms with Gasteiger partial charge in [-0.2, -0.15) is 0 Å². The summed E-state index contributed by atoms with van der Waals surface area (Å²) in [6.07, 6.45) is 13.8. The van der Waals surface area contributed by atoms with E-state index < -0.39 is 0 Å². The van der Waals surface area contributed by atoms with Crippen molar-refractivity contribution in [1.29, 1.82) is 0 Å². The smallest absolute Gasteiger partial charge is 0.302 e. The van der Waals surface area contributed by atoms with Crippen LogP contribution in [-0.4, -0.2) is 12.1 Å². The molecule has 4 rings (SSSR count). The standard InChI is InChI=1S/C25H42O2/c1-17(26)27-21-13-15-23(4)19(22(21,2)3)12-16-25(6)20(23)11-10-18-9-7-8-14-24(18,25)5/h18-21H,7-16H2,1-6H3/t18-,19-,20+,21-,23-,24+,25+/m0/s1. The van der Waals surface area contributed by atoms with Crippen molar-refractivity contribution >= 4 is 5.97 Å². The Labute approximate surface area is 167 Å². The molecule has 0 aliphatic heterocycles. The lowest BCUT2D eigenvalue weighted by atomic mass is 9.34. The van der Waals surface area contributed by atoms with Crippen LogP contribution in [0.1, 0.15) is 106 Å². The Balaban J connectivity index is 1.68. The molecule has 0 aromatic rings. The first kappa shape index (κ1) is 19.8. The van der Waals surface area contributed by atoms with E-state index in [0.29, 0.717) is 22.2 Å². The average molecular weight is 375 g/mol. The maximum Gasteiger partial charge on any atom is 0.302 e. The Morgan fingerprint density at radius 3 is 2.22 bits per heavy atom. The molecule has 0 spiro atoms. The summed E-state index contributed by atoms with van der Waals surface area (Å²) >= 11 is 0. The molecule has 7 atom stereocenters. The SMILES string of the molecule is CC(=O)O[C@H]1CC[C@]2(C)[C@H]3CC[C@@H]4CCCC[C@@]4(C)[C@]3(C)CC[C@H]2C1(C)C. The second kappa shape index (κ2) is 6.23. The summed E-state index contributed by atoms with van der Waals surface area (Å²) in [5, 5.41) is 0. The topological polar surface area (TPSA) is 26.3 Å². The van der Waals surface area contributed by atoms with E-state index in [4.69, 9.17) is 4.74 Å². The molecule has 4 saturated carbocycles. The Hall–Kier alpha value is -0.530. The first-order valence-electron chi connectivity index (χ1n) is 11.7. The predicted molar refractivity (Wildman–Crippen MR) is 110 cm³/mol. The predicted octanol–water partition coefficient (Wildman–Crippen LogP) is 6.77. The van der Waals surface area contributed by atoms with Crippen molar-refractivity contribution in [2.45, 2.75) is 112 Å². The minimum atomic E-state index is -0.104. The molecule has 4 fully saturated rings. The number of hydrogen-bond acceptors (Lipinski definition) is 2. The normalized spacial score (nSPS) is 51.5. The van der Waals surface area contributed by atoms with Crippen molar-refractivity contribution in [1.82, 2.24) is 0 Å². The van der Waals surface area contributed by atoms with Crippen LogP contribution in [0.2, 0.25) is 0 Å². The van der Waals surface area contributed by atoms with Gasteiger partial charge in [0, 0.05) is 12.3 Å². The molecule has 2 heteroatoms. The zero-order valence-electron chi connectivity index (χ0n) is 18.7. The second-order valence-corrected chi connectivity index (χ2v) is 12.0. The van der Waals surface area contributed by atoms with E-state index in [2.05, 4.69) is 34.6 Å². The second-order valence-electron chi connectivity index (χ2n) is 12.0. The average Bonchev–Trinajstić information content (AvgIpc) is 2.57. The lowest BCUT2D eigenvalue weighted by molar-refractivity contribution is -0.234. The van der Waals surface area contributed by atoms with Crippen LogP contribution >= 0.6 is 0 Å². The van der Waals surface area contributed by atoms with Gasteiger partial charge >= 0.3 is 5.97 Å². The van der Waals surface area contributed by atoms with Crippen LogP contribution in [-0.2, 0) is 9.53 Å². The summed E-state index contributed by atoms with van der Waals surface area (Å²) < 4.78 is 5.83. The van der Waals surface area contributed by atoms with E-state index in [1.165, 1.54) is 57.8 Å². The molecule has 0 saturated heterocycles. The van der Waals surface area contributed by atoms with E-state index in [1.807, 2.05) is 0 Å². The van der Waals surface area contributed by atoms with Crippen LogP contribution in [0.25, 0.3) is 0 Å². The van der Waals surface area contributed by atoms with Crippen molar-refractivity contribution in [3.05, 3.63) is 0 Å². The Morgan fingerprint density at radius 2 is 1.52 bits per heavy atom. The van der Waals surface area contributed by atoms with Crippen LogP contribution in [0, 0.1) is 39.4 Å². The van der Waals surface area contributed by atoms with Gasteiger partial charge in [0.15, 0.2) is 0 Å². The molecule has 0 N–H and O–H groups in total. The first-order chi connectivity index (χ1) is 12.6. The van der Waals surface area contributed by atoms with Gasteiger partial charge in [0.25, 0.3) is 0 Å². The maximum absolute atomic E-state index is 11.7. The Kier molecular flexibility index (Phi) is 4.56. The van der Waals surface area contributed by atoms with Gasteiger partial charge in [0.05, 0.1) is 0 Å². The van der Waals surface area contributed by atoms with E-state index >= 15 is 0 Å². The van der Waals surface area contributed by atoms with Gasteiger partial charge in [-0.05, 0) is 85.4 Å². The molecule has 4 aliphatic rings. The molecule has 154 valence electrons. The quantitative estimate of drug-likeness (QED) is 0.473. The highest BCUT2D eigenvalue weighted by Gasteiger charge is 2.67. The van der Waals surface area contributed by atoms with Gasteiger partial charge in [-0.15, -0.1) is 0 Å². The summed E-state index contributed by atoms with van der Waals surface area (Å²) in [5.41, 5.74) is 1.52. The molecule has 0 radical (unpaired) electrons. The molecule has 0 unspecified atom stereocenters. The van der Waals surface area contributed by atoms with E-state index in [9.17, 15) is 4.79 Å². The fraction of sp³-hybridized carbons (Fsp3) is 0.960. The van der Waals surface area contributed by atoms with E-state index in [0.717, 1.165) is 18.3 Å².